The van der Waals surface area contributed by atoms with Crippen LogP contribution in [0.1, 0.15) is 31.2 Å². The Balaban J connectivity index is 1.69. The van der Waals surface area contributed by atoms with Crippen LogP contribution in [-0.2, 0) is 16.0 Å². The first-order chi connectivity index (χ1) is 15.0. The predicted octanol–water partition coefficient (Wildman–Crippen LogP) is 3.82. The molecule has 2 saturated heterocycles. The second-order valence-corrected chi connectivity index (χ2v) is 8.59. The summed E-state index contributed by atoms with van der Waals surface area (Å²) in [6, 6.07) is 12.4. The predicted molar refractivity (Wildman–Crippen MR) is 116 cm³/mol. The monoisotopic (exact) mass is 427 g/mol. The van der Waals surface area contributed by atoms with Crippen LogP contribution in [0.3, 0.4) is 0 Å². The SMILES string of the molecule is COc1ccc(F)cc1-c1ccccc1CC1(C(=O)N2CCC(O)CC2)CCOCC1. The molecule has 2 heterocycles. The molecule has 2 aromatic carbocycles. The lowest BCUT2D eigenvalue weighted by Gasteiger charge is -2.42. The summed E-state index contributed by atoms with van der Waals surface area (Å²) in [4.78, 5) is 15.6. The Bertz CT molecular complexity index is 917. The Kier molecular flexibility index (Phi) is 6.58. The van der Waals surface area contributed by atoms with E-state index < -0.39 is 5.41 Å². The lowest BCUT2D eigenvalue weighted by atomic mass is 9.72. The van der Waals surface area contributed by atoms with Gasteiger partial charge in [0, 0.05) is 31.9 Å². The molecule has 0 spiro atoms. The zero-order valence-corrected chi connectivity index (χ0v) is 18.0. The van der Waals surface area contributed by atoms with E-state index in [4.69, 9.17) is 9.47 Å². The maximum Gasteiger partial charge on any atom is 0.229 e. The number of methoxy groups -OCH3 is 1. The standard InChI is InChI=1S/C25H30FNO4/c1-30-23-7-6-19(26)16-22(23)21-5-3-2-4-18(21)17-25(10-14-31-15-11-25)24(29)27-12-8-20(28)9-13-27/h2-7,16,20,28H,8-15,17H2,1H3. The van der Waals surface area contributed by atoms with Gasteiger partial charge in [-0.1, -0.05) is 24.3 Å². The first kappa shape index (κ1) is 21.8. The van der Waals surface area contributed by atoms with Crippen molar-refractivity contribution in [2.24, 2.45) is 5.41 Å². The van der Waals surface area contributed by atoms with E-state index >= 15 is 0 Å². The van der Waals surface area contributed by atoms with E-state index in [-0.39, 0.29) is 17.8 Å². The number of halogens is 1. The zero-order valence-electron chi connectivity index (χ0n) is 18.0. The first-order valence-corrected chi connectivity index (χ1v) is 11.0. The number of benzene rings is 2. The average Bonchev–Trinajstić information content (AvgIpc) is 2.80. The number of nitrogens with zero attached hydrogens (tertiary/aromatic N) is 1. The highest BCUT2D eigenvalue weighted by molar-refractivity contribution is 5.84. The molecule has 2 fully saturated rings. The van der Waals surface area contributed by atoms with Gasteiger partial charge in [-0.05, 0) is 61.4 Å². The molecule has 0 saturated carbocycles. The van der Waals surface area contributed by atoms with Gasteiger partial charge in [0.15, 0.2) is 0 Å². The average molecular weight is 428 g/mol. The third-order valence-electron chi connectivity index (χ3n) is 6.65. The maximum atomic E-state index is 14.1. The molecule has 31 heavy (non-hydrogen) atoms. The summed E-state index contributed by atoms with van der Waals surface area (Å²) < 4.78 is 25.2. The van der Waals surface area contributed by atoms with Gasteiger partial charge in [0.1, 0.15) is 11.6 Å². The molecule has 5 nitrogen and oxygen atoms in total. The van der Waals surface area contributed by atoms with Crippen LogP contribution >= 0.6 is 0 Å². The third-order valence-corrected chi connectivity index (χ3v) is 6.65. The topological polar surface area (TPSA) is 59.0 Å². The van der Waals surface area contributed by atoms with Gasteiger partial charge in [-0.3, -0.25) is 4.79 Å². The van der Waals surface area contributed by atoms with E-state index in [9.17, 15) is 14.3 Å². The highest BCUT2D eigenvalue weighted by Crippen LogP contribution is 2.41. The minimum absolute atomic E-state index is 0.142. The Morgan fingerprint density at radius 2 is 1.87 bits per heavy atom. The number of carbonyl (C=O) groups excluding carboxylic acids is 1. The van der Waals surface area contributed by atoms with Gasteiger partial charge in [0.25, 0.3) is 0 Å². The van der Waals surface area contributed by atoms with Crippen molar-refractivity contribution in [2.75, 3.05) is 33.4 Å². The van der Waals surface area contributed by atoms with Crippen LogP contribution in [0.25, 0.3) is 11.1 Å². The number of aliphatic hydroxyl groups excluding tert-OH is 1. The van der Waals surface area contributed by atoms with Crippen LogP contribution in [-0.4, -0.2) is 55.4 Å². The molecule has 6 heteroatoms. The smallest absolute Gasteiger partial charge is 0.229 e. The van der Waals surface area contributed by atoms with Crippen LogP contribution in [0.4, 0.5) is 4.39 Å². The van der Waals surface area contributed by atoms with E-state index in [1.54, 1.807) is 13.2 Å². The summed E-state index contributed by atoms with van der Waals surface area (Å²) in [5, 5.41) is 9.85. The number of amides is 1. The molecule has 0 aliphatic carbocycles. The van der Waals surface area contributed by atoms with Crippen LogP contribution in [0, 0.1) is 11.2 Å². The van der Waals surface area contributed by atoms with E-state index in [1.165, 1.54) is 12.1 Å². The molecule has 4 rings (SSSR count). The Morgan fingerprint density at radius 1 is 1.16 bits per heavy atom. The van der Waals surface area contributed by atoms with Gasteiger partial charge in [0.2, 0.25) is 5.91 Å². The lowest BCUT2D eigenvalue weighted by molar-refractivity contribution is -0.150. The van der Waals surface area contributed by atoms with Gasteiger partial charge < -0.3 is 19.5 Å². The van der Waals surface area contributed by atoms with Gasteiger partial charge in [-0.25, -0.2) is 4.39 Å². The first-order valence-electron chi connectivity index (χ1n) is 11.0. The van der Waals surface area contributed by atoms with E-state index in [1.807, 2.05) is 29.2 Å². The van der Waals surface area contributed by atoms with Gasteiger partial charge in [-0.2, -0.15) is 0 Å². The second-order valence-electron chi connectivity index (χ2n) is 8.59. The number of piperidine rings is 1. The molecule has 166 valence electrons. The van der Waals surface area contributed by atoms with Crippen LogP contribution in [0.5, 0.6) is 5.75 Å². The lowest BCUT2D eigenvalue weighted by Crippen LogP contribution is -2.51. The summed E-state index contributed by atoms with van der Waals surface area (Å²) in [5.41, 5.74) is 2.01. The quantitative estimate of drug-likeness (QED) is 0.788. The molecule has 0 atom stereocenters. The van der Waals surface area contributed by atoms with Crippen molar-refractivity contribution in [3.8, 4) is 16.9 Å². The number of ether oxygens (including phenoxy) is 2. The second kappa shape index (κ2) is 9.37. The number of rotatable bonds is 5. The van der Waals surface area contributed by atoms with Crippen LogP contribution in [0.15, 0.2) is 42.5 Å². The molecule has 0 aromatic heterocycles. The van der Waals surface area contributed by atoms with Gasteiger partial charge in [-0.15, -0.1) is 0 Å². The van der Waals surface area contributed by atoms with E-state index in [2.05, 4.69) is 0 Å². The van der Waals surface area contributed by atoms with Crippen molar-refractivity contribution in [1.82, 2.24) is 4.90 Å². The van der Waals surface area contributed by atoms with Gasteiger partial charge >= 0.3 is 0 Å². The minimum atomic E-state index is -0.558. The minimum Gasteiger partial charge on any atom is -0.496 e. The van der Waals surface area contributed by atoms with Crippen molar-refractivity contribution in [1.29, 1.82) is 0 Å². The van der Waals surface area contributed by atoms with Crippen molar-refractivity contribution >= 4 is 5.91 Å². The molecule has 0 unspecified atom stereocenters. The number of hydrogen-bond donors (Lipinski definition) is 1. The molecule has 1 amide bonds. The van der Waals surface area contributed by atoms with E-state index in [0.29, 0.717) is 69.7 Å². The van der Waals surface area contributed by atoms with Crippen molar-refractivity contribution < 1.29 is 23.8 Å². The maximum absolute atomic E-state index is 14.1. The molecular formula is C25H30FNO4. The Morgan fingerprint density at radius 3 is 2.58 bits per heavy atom. The molecular weight excluding hydrogens is 397 g/mol. The summed E-state index contributed by atoms with van der Waals surface area (Å²) in [7, 11) is 1.58. The third kappa shape index (κ3) is 4.60. The summed E-state index contributed by atoms with van der Waals surface area (Å²) in [5.74, 6) is 0.421. The van der Waals surface area contributed by atoms with Crippen molar-refractivity contribution in [3.05, 3.63) is 53.8 Å². The molecule has 2 aromatic rings. The zero-order chi connectivity index (χ0) is 21.8. The summed E-state index contributed by atoms with van der Waals surface area (Å²) in [6.45, 7) is 2.27. The Labute approximate surface area is 182 Å². The normalized spacial score (nSPS) is 19.3. The Hall–Kier alpha value is -2.44. The molecule has 0 bridgehead atoms. The fourth-order valence-electron chi connectivity index (χ4n) is 4.83. The van der Waals surface area contributed by atoms with Crippen LogP contribution < -0.4 is 4.74 Å². The molecule has 2 aliphatic heterocycles. The van der Waals surface area contributed by atoms with E-state index in [0.717, 1.165) is 11.1 Å². The van der Waals surface area contributed by atoms with Crippen molar-refractivity contribution in [3.63, 3.8) is 0 Å². The highest BCUT2D eigenvalue weighted by atomic mass is 19.1. The van der Waals surface area contributed by atoms with Gasteiger partial charge in [0.05, 0.1) is 18.6 Å². The summed E-state index contributed by atoms with van der Waals surface area (Å²) >= 11 is 0. The number of hydrogen-bond acceptors (Lipinski definition) is 4. The molecule has 0 radical (unpaired) electrons. The number of aliphatic hydroxyl groups is 1. The molecule has 2 aliphatic rings. The van der Waals surface area contributed by atoms with Crippen molar-refractivity contribution in [2.45, 2.75) is 38.2 Å². The largest absolute Gasteiger partial charge is 0.496 e. The fraction of sp³-hybridized carbons (Fsp3) is 0.480. The fourth-order valence-corrected chi connectivity index (χ4v) is 4.83. The summed E-state index contributed by atoms with van der Waals surface area (Å²) in [6.07, 6.45) is 2.78. The number of carbonyl (C=O) groups is 1. The van der Waals surface area contributed by atoms with Crippen LogP contribution in [0.2, 0.25) is 0 Å². The number of likely N-dealkylation sites (tertiary alicyclic amines) is 1. The molecule has 1 N–H and O–H groups in total. The highest BCUT2D eigenvalue weighted by Gasteiger charge is 2.43.